The number of carbonyl (C=O) groups is 1. The van der Waals surface area contributed by atoms with Crippen LogP contribution in [0, 0.1) is 0 Å². The van der Waals surface area contributed by atoms with Gasteiger partial charge >= 0.3 is 7.60 Å². The van der Waals surface area contributed by atoms with E-state index in [2.05, 4.69) is 32.9 Å². The first-order valence-electron chi connectivity index (χ1n) is 8.00. The van der Waals surface area contributed by atoms with E-state index >= 15 is 0 Å². The second-order valence-corrected chi connectivity index (χ2v) is 7.76. The lowest BCUT2D eigenvalue weighted by Crippen LogP contribution is -2.26. The first-order valence-corrected chi connectivity index (χ1v) is 9.79. The molecule has 0 fully saturated rings. The Bertz CT molecular complexity index is 527. The number of hydrogen-bond acceptors (Lipinski definition) is 3. The largest absolute Gasteiger partial charge is 0.334 e. The molecule has 0 bridgehead atoms. The van der Waals surface area contributed by atoms with Crippen molar-refractivity contribution in [2.75, 3.05) is 12.8 Å². The van der Waals surface area contributed by atoms with Crippen LogP contribution in [0.15, 0.2) is 34.9 Å². The summed E-state index contributed by atoms with van der Waals surface area (Å²) in [6, 6.07) is 0. The first-order chi connectivity index (χ1) is 11.1. The lowest BCUT2D eigenvalue weighted by Gasteiger charge is -2.06. The van der Waals surface area contributed by atoms with Crippen LogP contribution in [0.5, 0.6) is 0 Å². The van der Waals surface area contributed by atoms with Gasteiger partial charge in [0.25, 0.3) is 5.91 Å². The molecule has 1 amide bonds. The molecule has 0 aromatic heterocycles. The molecule has 0 aromatic rings. The predicted octanol–water partition coefficient (Wildman–Crippen LogP) is 3.63. The summed E-state index contributed by atoms with van der Waals surface area (Å²) in [7, 11) is -4.35. The summed E-state index contributed by atoms with van der Waals surface area (Å²) in [6.07, 6.45) is 9.44. The quantitative estimate of drug-likeness (QED) is 0.227. The average molecular weight is 359 g/mol. The number of rotatable bonds is 11. The van der Waals surface area contributed by atoms with Crippen molar-refractivity contribution in [3.8, 4) is 0 Å². The van der Waals surface area contributed by atoms with Crippen molar-refractivity contribution in [3.05, 3.63) is 34.9 Å². The fraction of sp³-hybridized carbons (Fsp3) is 0.588. The van der Waals surface area contributed by atoms with Crippen LogP contribution >= 0.6 is 7.60 Å². The van der Waals surface area contributed by atoms with Crippen LogP contribution < -0.4 is 5.48 Å². The summed E-state index contributed by atoms with van der Waals surface area (Å²) in [5, 5.41) is 0. The molecule has 7 heteroatoms. The lowest BCUT2D eigenvalue weighted by atomic mass is 10.1. The van der Waals surface area contributed by atoms with Crippen LogP contribution in [0.4, 0.5) is 0 Å². The molecule has 0 aromatic carbocycles. The molecule has 0 heterocycles. The summed E-state index contributed by atoms with van der Waals surface area (Å²) < 4.78 is 10.6. The molecule has 0 aliphatic heterocycles. The Morgan fingerprint density at radius 2 is 1.54 bits per heavy atom. The van der Waals surface area contributed by atoms with Crippen LogP contribution in [0.25, 0.3) is 0 Å². The van der Waals surface area contributed by atoms with E-state index in [-0.39, 0.29) is 6.61 Å². The minimum Gasteiger partial charge on any atom is -0.324 e. The molecule has 24 heavy (non-hydrogen) atoms. The third kappa shape index (κ3) is 15.7. The summed E-state index contributed by atoms with van der Waals surface area (Å²) in [6.45, 7) is 8.49. The van der Waals surface area contributed by atoms with Crippen LogP contribution in [0.1, 0.15) is 53.4 Å². The maximum absolute atomic E-state index is 11.1. The van der Waals surface area contributed by atoms with Crippen molar-refractivity contribution >= 4 is 13.5 Å². The van der Waals surface area contributed by atoms with Crippen molar-refractivity contribution < 1.29 is 24.0 Å². The summed E-state index contributed by atoms with van der Waals surface area (Å²) in [5.74, 6) is -0.829. The van der Waals surface area contributed by atoms with Crippen LogP contribution in [0.3, 0.4) is 0 Å². The maximum Gasteiger partial charge on any atom is 0.334 e. The average Bonchev–Trinajstić information content (AvgIpc) is 2.41. The van der Waals surface area contributed by atoms with E-state index in [4.69, 9.17) is 14.6 Å². The summed E-state index contributed by atoms with van der Waals surface area (Å²) in [4.78, 5) is 33.3. The molecule has 0 saturated carbocycles. The Morgan fingerprint density at radius 3 is 2.08 bits per heavy atom. The molecule has 0 aliphatic carbocycles. The molecule has 0 aliphatic rings. The highest BCUT2D eigenvalue weighted by Gasteiger charge is 2.18. The van der Waals surface area contributed by atoms with Crippen molar-refractivity contribution in [1.29, 1.82) is 0 Å². The smallest absolute Gasteiger partial charge is 0.324 e. The zero-order valence-corrected chi connectivity index (χ0v) is 15.9. The maximum atomic E-state index is 11.1. The van der Waals surface area contributed by atoms with Gasteiger partial charge < -0.3 is 9.79 Å². The van der Waals surface area contributed by atoms with Gasteiger partial charge in [0.05, 0.1) is 6.61 Å². The van der Waals surface area contributed by atoms with Gasteiger partial charge in [0.1, 0.15) is 6.16 Å². The van der Waals surface area contributed by atoms with Gasteiger partial charge in [-0.15, -0.1) is 0 Å². The molecular formula is C17H30NO5P. The van der Waals surface area contributed by atoms with E-state index < -0.39 is 19.7 Å². The normalized spacial score (nSPS) is 12.9. The number of hydroxylamine groups is 1. The molecule has 0 unspecified atom stereocenters. The fourth-order valence-electron chi connectivity index (χ4n) is 1.86. The summed E-state index contributed by atoms with van der Waals surface area (Å²) >= 11 is 0. The van der Waals surface area contributed by atoms with E-state index in [1.54, 1.807) is 0 Å². The Labute approximate surface area is 144 Å². The summed E-state index contributed by atoms with van der Waals surface area (Å²) in [5.41, 5.74) is 5.86. The van der Waals surface area contributed by atoms with Gasteiger partial charge in [0, 0.05) is 0 Å². The minimum atomic E-state index is -4.35. The molecule has 0 radical (unpaired) electrons. The fourth-order valence-corrected chi connectivity index (χ4v) is 2.30. The first kappa shape index (κ1) is 22.8. The van der Waals surface area contributed by atoms with Crippen molar-refractivity contribution in [2.45, 2.75) is 53.4 Å². The predicted molar refractivity (Wildman–Crippen MR) is 96.4 cm³/mol. The zero-order valence-electron chi connectivity index (χ0n) is 15.0. The van der Waals surface area contributed by atoms with Gasteiger partial charge in [-0.25, -0.2) is 5.48 Å². The number of nitrogens with one attached hydrogen (secondary N) is 1. The molecule has 0 rings (SSSR count). The standard InChI is InChI=1S/C17H30NO5P/c1-14(2)7-5-8-15(3)9-6-10-16(4)11-12-23-18-17(19)13-24(20,21)22/h7,9,11H,5-6,8,10,12-13H2,1-4H3,(H,18,19)(H2,20,21,22). The topological polar surface area (TPSA) is 95.9 Å². The van der Waals surface area contributed by atoms with E-state index in [1.165, 1.54) is 11.1 Å². The van der Waals surface area contributed by atoms with Gasteiger partial charge in [-0.2, -0.15) is 0 Å². The van der Waals surface area contributed by atoms with Gasteiger partial charge in [-0.3, -0.25) is 14.2 Å². The molecule has 3 N–H and O–H groups in total. The highest BCUT2D eigenvalue weighted by Crippen LogP contribution is 2.33. The lowest BCUT2D eigenvalue weighted by molar-refractivity contribution is -0.130. The SMILES string of the molecule is CC(C)=CCCC(C)=CCCC(C)=CCONC(=O)CP(=O)(O)O. The van der Waals surface area contributed by atoms with E-state index in [9.17, 15) is 9.36 Å². The number of amides is 1. The molecular weight excluding hydrogens is 329 g/mol. The van der Waals surface area contributed by atoms with E-state index in [0.29, 0.717) is 0 Å². The van der Waals surface area contributed by atoms with Crippen molar-refractivity contribution in [2.24, 2.45) is 0 Å². The Morgan fingerprint density at radius 1 is 1.00 bits per heavy atom. The number of hydrogen-bond donors (Lipinski definition) is 3. The second kappa shape index (κ2) is 12.2. The van der Waals surface area contributed by atoms with Gasteiger partial charge in [0.15, 0.2) is 0 Å². The van der Waals surface area contributed by atoms with Crippen LogP contribution in [-0.4, -0.2) is 28.5 Å². The monoisotopic (exact) mass is 359 g/mol. The third-order valence-electron chi connectivity index (χ3n) is 3.17. The van der Waals surface area contributed by atoms with E-state index in [0.717, 1.165) is 31.3 Å². The van der Waals surface area contributed by atoms with Crippen LogP contribution in [0.2, 0.25) is 0 Å². The Balaban J connectivity index is 3.93. The van der Waals surface area contributed by atoms with Crippen LogP contribution in [-0.2, 0) is 14.2 Å². The Hall–Kier alpha value is -1.20. The minimum absolute atomic E-state index is 0.169. The number of carbonyl (C=O) groups excluding carboxylic acids is 1. The Kier molecular flexibility index (Phi) is 11.6. The number of allylic oxidation sites excluding steroid dienone is 5. The molecule has 0 atom stereocenters. The molecule has 0 spiro atoms. The van der Waals surface area contributed by atoms with E-state index in [1.807, 2.05) is 18.5 Å². The van der Waals surface area contributed by atoms with Crippen molar-refractivity contribution in [1.82, 2.24) is 5.48 Å². The second-order valence-electron chi connectivity index (χ2n) is 6.12. The van der Waals surface area contributed by atoms with Crippen molar-refractivity contribution in [3.63, 3.8) is 0 Å². The molecule has 6 nitrogen and oxygen atoms in total. The van der Waals surface area contributed by atoms with Gasteiger partial charge in [0.2, 0.25) is 0 Å². The highest BCUT2D eigenvalue weighted by atomic mass is 31.2. The highest BCUT2D eigenvalue weighted by molar-refractivity contribution is 7.52. The van der Waals surface area contributed by atoms with Gasteiger partial charge in [-0.1, -0.05) is 34.9 Å². The zero-order chi connectivity index (χ0) is 18.6. The molecule has 0 saturated heterocycles. The molecule has 138 valence electrons. The van der Waals surface area contributed by atoms with Gasteiger partial charge in [-0.05, 0) is 53.4 Å². The third-order valence-corrected chi connectivity index (χ3v) is 3.87.